The molecule has 2 aliphatic heterocycles. The number of hydrogen-bond donors (Lipinski definition) is 1. The molecule has 2 heterocycles. The smallest absolute Gasteiger partial charge is 0.270 e. The number of fused-ring (bicyclic) bond motifs is 1. The number of para-hydroxylation sites is 1. The third-order valence-electron chi connectivity index (χ3n) is 7.93. The molecule has 5 nitrogen and oxygen atoms in total. The van der Waals surface area contributed by atoms with Crippen molar-refractivity contribution in [2.75, 3.05) is 25.0 Å². The van der Waals surface area contributed by atoms with E-state index >= 15 is 4.39 Å². The van der Waals surface area contributed by atoms with Gasteiger partial charge in [-0.15, -0.1) is 0 Å². The average Bonchev–Trinajstić information content (AvgIpc) is 3.34. The van der Waals surface area contributed by atoms with Crippen LogP contribution in [0.25, 0.3) is 10.8 Å². The summed E-state index contributed by atoms with van der Waals surface area (Å²) in [5.41, 5.74) is 1.40. The van der Waals surface area contributed by atoms with E-state index in [9.17, 15) is 9.59 Å². The highest BCUT2D eigenvalue weighted by Crippen LogP contribution is 2.48. The van der Waals surface area contributed by atoms with Crippen molar-refractivity contribution in [2.24, 2.45) is 0 Å². The molecule has 1 fully saturated rings. The van der Waals surface area contributed by atoms with Gasteiger partial charge < -0.3 is 10.2 Å². The molecule has 1 N–H and O–H groups in total. The Labute approximate surface area is 198 Å². The van der Waals surface area contributed by atoms with Crippen LogP contribution in [0.5, 0.6) is 0 Å². The molecule has 1 saturated heterocycles. The topological polar surface area (TPSA) is 52.7 Å². The van der Waals surface area contributed by atoms with Crippen LogP contribution >= 0.6 is 0 Å². The Hall–Kier alpha value is -3.25. The maximum atomic E-state index is 16.1. The van der Waals surface area contributed by atoms with Crippen molar-refractivity contribution < 1.29 is 14.0 Å². The van der Waals surface area contributed by atoms with Gasteiger partial charge in [0.25, 0.3) is 5.91 Å². The van der Waals surface area contributed by atoms with Crippen LogP contribution in [0, 0.1) is 0 Å². The van der Waals surface area contributed by atoms with E-state index in [-0.39, 0.29) is 6.04 Å². The number of amides is 2. The summed E-state index contributed by atoms with van der Waals surface area (Å²) in [7, 11) is 1.46. The molecule has 34 heavy (non-hydrogen) atoms. The number of hydrogen-bond acceptors (Lipinski definition) is 3. The fraction of sp³-hybridized carbons (Fsp3) is 0.357. The molecule has 6 rings (SSSR count). The van der Waals surface area contributed by atoms with E-state index in [1.807, 2.05) is 6.07 Å². The first-order valence-corrected chi connectivity index (χ1v) is 12.1. The number of carbonyl (C=O) groups is 2. The fourth-order valence-corrected chi connectivity index (χ4v) is 6.27. The standard InChI is InChI=1S/C28H28FN3O2/c1-30-25(33)17-28(29)22-10-2-3-11-23(22)32(27(28)34)20-12-14-31(15-13-20)24-16-19-8-4-6-18-7-5-9-21(24)26(18)19/h2-11,20,24H,12-17H2,1H3,(H,30,33)/t24-,28-/m0/s1. The van der Waals surface area contributed by atoms with E-state index in [1.54, 1.807) is 23.1 Å². The summed E-state index contributed by atoms with van der Waals surface area (Å²) in [4.78, 5) is 29.6. The molecule has 3 aromatic carbocycles. The maximum Gasteiger partial charge on any atom is 0.270 e. The lowest BCUT2D eigenvalue weighted by atomic mass is 9.93. The number of carbonyl (C=O) groups excluding carboxylic acids is 2. The van der Waals surface area contributed by atoms with Crippen molar-refractivity contribution in [1.82, 2.24) is 10.2 Å². The number of alkyl halides is 1. The quantitative estimate of drug-likeness (QED) is 0.637. The second-order valence-corrected chi connectivity index (χ2v) is 9.69. The van der Waals surface area contributed by atoms with Crippen molar-refractivity contribution in [3.05, 3.63) is 77.4 Å². The van der Waals surface area contributed by atoms with Gasteiger partial charge in [-0.25, -0.2) is 4.39 Å². The van der Waals surface area contributed by atoms with Gasteiger partial charge in [0.15, 0.2) is 0 Å². The molecule has 174 valence electrons. The van der Waals surface area contributed by atoms with Gasteiger partial charge in [0.1, 0.15) is 0 Å². The second-order valence-electron chi connectivity index (χ2n) is 9.69. The molecule has 0 saturated carbocycles. The first-order valence-electron chi connectivity index (χ1n) is 12.1. The summed E-state index contributed by atoms with van der Waals surface area (Å²) >= 11 is 0. The minimum absolute atomic E-state index is 0.0771. The highest BCUT2D eigenvalue weighted by Gasteiger charge is 2.54. The highest BCUT2D eigenvalue weighted by atomic mass is 19.1. The van der Waals surface area contributed by atoms with Gasteiger partial charge in [-0.1, -0.05) is 54.6 Å². The van der Waals surface area contributed by atoms with Gasteiger partial charge in [0.2, 0.25) is 11.6 Å². The molecule has 2 atom stereocenters. The molecule has 0 radical (unpaired) electrons. The summed E-state index contributed by atoms with van der Waals surface area (Å²) in [5.74, 6) is -1.08. The van der Waals surface area contributed by atoms with Crippen LogP contribution < -0.4 is 10.2 Å². The first-order chi connectivity index (χ1) is 16.5. The Morgan fingerprint density at radius 3 is 2.56 bits per heavy atom. The summed E-state index contributed by atoms with van der Waals surface area (Å²) < 4.78 is 16.1. The summed E-state index contributed by atoms with van der Waals surface area (Å²) in [6.07, 6.45) is 2.07. The Morgan fingerprint density at radius 2 is 1.79 bits per heavy atom. The third-order valence-corrected chi connectivity index (χ3v) is 7.93. The fourth-order valence-electron chi connectivity index (χ4n) is 6.27. The van der Waals surface area contributed by atoms with Gasteiger partial charge in [-0.3, -0.25) is 14.5 Å². The van der Waals surface area contributed by atoms with Crippen molar-refractivity contribution in [1.29, 1.82) is 0 Å². The van der Waals surface area contributed by atoms with Gasteiger partial charge in [-0.2, -0.15) is 0 Å². The van der Waals surface area contributed by atoms with E-state index in [4.69, 9.17) is 0 Å². The zero-order chi connectivity index (χ0) is 23.4. The number of anilines is 1. The lowest BCUT2D eigenvalue weighted by Crippen LogP contribution is -2.50. The first kappa shape index (κ1) is 21.3. The minimum atomic E-state index is -2.31. The average molecular weight is 458 g/mol. The van der Waals surface area contributed by atoms with Crippen molar-refractivity contribution >= 4 is 28.3 Å². The largest absolute Gasteiger partial charge is 0.359 e. The molecule has 0 spiro atoms. The van der Waals surface area contributed by atoms with Crippen molar-refractivity contribution in [3.63, 3.8) is 0 Å². The molecule has 2 amide bonds. The highest BCUT2D eigenvalue weighted by molar-refractivity contribution is 6.09. The van der Waals surface area contributed by atoms with E-state index in [0.29, 0.717) is 17.3 Å². The predicted octanol–water partition coefficient (Wildman–Crippen LogP) is 4.25. The number of nitrogens with one attached hydrogen (secondary N) is 1. The van der Waals surface area contributed by atoms with Crippen molar-refractivity contribution in [3.8, 4) is 0 Å². The van der Waals surface area contributed by atoms with Crippen LogP contribution in [0.4, 0.5) is 10.1 Å². The number of halogens is 1. The van der Waals surface area contributed by atoms with E-state index in [0.717, 1.165) is 32.4 Å². The number of benzene rings is 3. The number of likely N-dealkylation sites (tertiary alicyclic amines) is 1. The predicted molar refractivity (Wildman–Crippen MR) is 130 cm³/mol. The van der Waals surface area contributed by atoms with E-state index in [2.05, 4.69) is 46.6 Å². The summed E-state index contributed by atoms with van der Waals surface area (Å²) in [6, 6.07) is 20.4. The summed E-state index contributed by atoms with van der Waals surface area (Å²) in [6.45, 7) is 1.70. The SMILES string of the molecule is CNC(=O)C[C@@]1(F)C(=O)N(C2CCN([C@H]3Cc4cccc5cccc3c45)CC2)c2ccccc21. The van der Waals surface area contributed by atoms with Gasteiger partial charge >= 0.3 is 0 Å². The molecule has 3 aliphatic rings. The Balaban J connectivity index is 1.23. The number of piperidine rings is 1. The van der Waals surface area contributed by atoms with Gasteiger partial charge in [0, 0.05) is 37.8 Å². The number of nitrogens with zero attached hydrogens (tertiary/aromatic N) is 2. The van der Waals surface area contributed by atoms with Gasteiger partial charge in [-0.05, 0) is 47.2 Å². The lowest BCUT2D eigenvalue weighted by molar-refractivity contribution is -0.136. The van der Waals surface area contributed by atoms with Crippen molar-refractivity contribution in [2.45, 2.75) is 43.4 Å². The van der Waals surface area contributed by atoms with Crippen LogP contribution in [0.3, 0.4) is 0 Å². The van der Waals surface area contributed by atoms with Crippen LogP contribution in [0.15, 0.2) is 60.7 Å². The zero-order valence-electron chi connectivity index (χ0n) is 19.3. The molecule has 0 bridgehead atoms. The molecule has 3 aromatic rings. The van der Waals surface area contributed by atoms with E-state index in [1.165, 1.54) is 28.9 Å². The normalized spacial score (nSPS) is 24.6. The minimum Gasteiger partial charge on any atom is -0.359 e. The molecule has 6 heteroatoms. The molecular formula is C28H28FN3O2. The van der Waals surface area contributed by atoms with Crippen LogP contribution in [-0.4, -0.2) is 42.9 Å². The lowest BCUT2D eigenvalue weighted by Gasteiger charge is -2.40. The Bertz CT molecular complexity index is 1290. The molecular weight excluding hydrogens is 429 g/mol. The molecule has 1 aliphatic carbocycles. The molecule has 0 aromatic heterocycles. The van der Waals surface area contributed by atoms with E-state index < -0.39 is 23.9 Å². The third kappa shape index (κ3) is 3.08. The van der Waals surface area contributed by atoms with Crippen LogP contribution in [0.2, 0.25) is 0 Å². The second kappa shape index (κ2) is 7.91. The zero-order valence-corrected chi connectivity index (χ0v) is 19.3. The maximum absolute atomic E-state index is 16.1. The van der Waals surface area contributed by atoms with Crippen LogP contribution in [0.1, 0.15) is 42.0 Å². The summed E-state index contributed by atoms with van der Waals surface area (Å²) in [5, 5.41) is 5.14. The Morgan fingerprint density at radius 1 is 1.06 bits per heavy atom. The van der Waals surface area contributed by atoms with Gasteiger partial charge in [0.05, 0.1) is 12.1 Å². The molecule has 0 unspecified atom stereocenters. The van der Waals surface area contributed by atoms with Crippen LogP contribution in [-0.2, 0) is 21.7 Å². The number of rotatable bonds is 4. The monoisotopic (exact) mass is 457 g/mol. The Kier molecular flexibility index (Phi) is 4.96.